The Bertz CT molecular complexity index is 646. The van der Waals surface area contributed by atoms with Gasteiger partial charge >= 0.3 is 5.97 Å². The van der Waals surface area contributed by atoms with E-state index in [-0.39, 0.29) is 12.2 Å². The maximum Gasteiger partial charge on any atom is 0.336 e. The van der Waals surface area contributed by atoms with E-state index in [4.69, 9.17) is 16.7 Å². The summed E-state index contributed by atoms with van der Waals surface area (Å²) in [6, 6.07) is 6.63. The zero-order valence-corrected chi connectivity index (χ0v) is 11.8. The van der Waals surface area contributed by atoms with Crippen LogP contribution in [0, 0.1) is 0 Å². The van der Waals surface area contributed by atoms with Crippen LogP contribution in [0.5, 0.6) is 0 Å². The van der Waals surface area contributed by atoms with Crippen LogP contribution in [0.3, 0.4) is 0 Å². The molecule has 0 saturated carbocycles. The lowest BCUT2D eigenvalue weighted by Gasteiger charge is -2.15. The third kappa shape index (κ3) is 3.07. The van der Waals surface area contributed by atoms with Crippen LogP contribution in [0.2, 0.25) is 5.02 Å². The Hall–Kier alpha value is -1.69. The average molecular weight is 295 g/mol. The summed E-state index contributed by atoms with van der Waals surface area (Å²) in [5.41, 5.74) is 1.28. The lowest BCUT2D eigenvalue weighted by atomic mass is 10.1. The molecule has 20 heavy (non-hydrogen) atoms. The van der Waals surface area contributed by atoms with Gasteiger partial charge in [-0.2, -0.15) is 0 Å². The summed E-state index contributed by atoms with van der Waals surface area (Å²) < 4.78 is 0. The molecule has 1 heterocycles. The Morgan fingerprint density at radius 1 is 1.45 bits per heavy atom. The Balaban J connectivity index is 2.52. The van der Waals surface area contributed by atoms with E-state index in [1.54, 1.807) is 24.3 Å². The normalized spacial score (nSPS) is 11.2. The molecule has 1 aromatic heterocycles. The van der Waals surface area contributed by atoms with Gasteiger partial charge in [-0.3, -0.25) is 4.90 Å². The smallest absolute Gasteiger partial charge is 0.336 e. The number of halogens is 1. The summed E-state index contributed by atoms with van der Waals surface area (Å²) in [5.74, 6) is -1.01. The van der Waals surface area contributed by atoms with Crippen molar-refractivity contribution >= 4 is 28.5 Å². The minimum atomic E-state index is -1.01. The molecule has 0 aliphatic carbocycles. The number of rotatable bonds is 5. The van der Waals surface area contributed by atoms with Crippen LogP contribution in [-0.2, 0) is 6.54 Å². The number of nitrogens with zero attached hydrogens (tertiary/aromatic N) is 2. The van der Waals surface area contributed by atoms with Crippen LogP contribution in [0.4, 0.5) is 0 Å². The fourth-order valence-electron chi connectivity index (χ4n) is 2.05. The highest BCUT2D eigenvalue weighted by Crippen LogP contribution is 2.25. The monoisotopic (exact) mass is 294 g/mol. The molecule has 5 nitrogen and oxygen atoms in total. The van der Waals surface area contributed by atoms with Gasteiger partial charge < -0.3 is 10.2 Å². The minimum absolute atomic E-state index is 0.0383. The first kappa shape index (κ1) is 14.7. The number of aliphatic hydroxyl groups is 1. The SMILES string of the molecule is CN(CCO)Cc1cc(C(=O)O)c2cccc(Cl)c2n1. The Morgan fingerprint density at radius 2 is 2.20 bits per heavy atom. The predicted octanol–water partition coefficient (Wildman–Crippen LogP) is 2.01. The fourth-order valence-corrected chi connectivity index (χ4v) is 2.27. The van der Waals surface area contributed by atoms with Crippen molar-refractivity contribution in [2.45, 2.75) is 6.54 Å². The number of carboxylic acids is 1. The van der Waals surface area contributed by atoms with Gasteiger partial charge in [0.05, 0.1) is 28.4 Å². The molecule has 0 fully saturated rings. The van der Waals surface area contributed by atoms with E-state index in [9.17, 15) is 9.90 Å². The number of hydrogen-bond acceptors (Lipinski definition) is 4. The third-order valence-corrected chi connectivity index (χ3v) is 3.29. The van der Waals surface area contributed by atoms with Gasteiger partial charge in [-0.15, -0.1) is 0 Å². The number of aromatic nitrogens is 1. The van der Waals surface area contributed by atoms with Crippen molar-refractivity contribution in [3.05, 3.63) is 40.5 Å². The summed E-state index contributed by atoms with van der Waals surface area (Å²) in [5, 5.41) is 19.2. The number of aliphatic hydroxyl groups excluding tert-OH is 1. The molecule has 0 radical (unpaired) electrons. The second-order valence-corrected chi connectivity index (χ2v) is 4.97. The van der Waals surface area contributed by atoms with Gasteiger partial charge in [0.25, 0.3) is 0 Å². The Labute approximate surface area is 121 Å². The number of likely N-dealkylation sites (N-methyl/N-ethyl adjacent to an activating group) is 1. The summed E-state index contributed by atoms with van der Waals surface area (Å²) >= 11 is 6.09. The number of carboxylic acid groups (broad SMARTS) is 1. The van der Waals surface area contributed by atoms with Crippen LogP contribution in [0.25, 0.3) is 10.9 Å². The van der Waals surface area contributed by atoms with Crippen molar-refractivity contribution in [2.75, 3.05) is 20.2 Å². The number of carbonyl (C=O) groups is 1. The van der Waals surface area contributed by atoms with E-state index >= 15 is 0 Å². The molecule has 6 heteroatoms. The van der Waals surface area contributed by atoms with Crippen molar-refractivity contribution in [1.29, 1.82) is 0 Å². The molecule has 0 aliphatic rings. The molecule has 106 valence electrons. The highest BCUT2D eigenvalue weighted by atomic mass is 35.5. The highest BCUT2D eigenvalue weighted by Gasteiger charge is 2.14. The molecule has 2 aromatic rings. The molecule has 0 saturated heterocycles. The van der Waals surface area contributed by atoms with Crippen molar-refractivity contribution in [3.8, 4) is 0 Å². The van der Waals surface area contributed by atoms with Gasteiger partial charge in [-0.05, 0) is 19.2 Å². The molecule has 1 aromatic carbocycles. The van der Waals surface area contributed by atoms with Crippen LogP contribution in [-0.4, -0.2) is 46.3 Å². The van der Waals surface area contributed by atoms with E-state index < -0.39 is 5.97 Å². The first-order valence-electron chi connectivity index (χ1n) is 6.13. The number of hydrogen-bond donors (Lipinski definition) is 2. The van der Waals surface area contributed by atoms with Crippen LogP contribution >= 0.6 is 11.6 Å². The van der Waals surface area contributed by atoms with E-state index in [2.05, 4.69) is 4.98 Å². The maximum atomic E-state index is 11.4. The number of aromatic carboxylic acids is 1. The highest BCUT2D eigenvalue weighted by molar-refractivity contribution is 6.35. The molecule has 0 spiro atoms. The summed E-state index contributed by atoms with van der Waals surface area (Å²) in [6.45, 7) is 0.975. The van der Waals surface area contributed by atoms with Crippen molar-refractivity contribution in [1.82, 2.24) is 9.88 Å². The van der Waals surface area contributed by atoms with Gasteiger partial charge in [0.1, 0.15) is 0 Å². The maximum absolute atomic E-state index is 11.4. The van der Waals surface area contributed by atoms with Gasteiger partial charge in [0.2, 0.25) is 0 Å². The van der Waals surface area contributed by atoms with Gasteiger partial charge in [0, 0.05) is 18.5 Å². The van der Waals surface area contributed by atoms with Gasteiger partial charge in [-0.25, -0.2) is 9.78 Å². The number of benzene rings is 1. The van der Waals surface area contributed by atoms with Crippen LogP contribution in [0.15, 0.2) is 24.3 Å². The third-order valence-electron chi connectivity index (χ3n) is 2.99. The summed E-state index contributed by atoms with van der Waals surface area (Å²) in [6.07, 6.45) is 0. The Kier molecular flexibility index (Phi) is 4.54. The molecule has 0 bridgehead atoms. The van der Waals surface area contributed by atoms with E-state index in [1.807, 2.05) is 11.9 Å². The fraction of sp³-hybridized carbons (Fsp3) is 0.286. The van der Waals surface area contributed by atoms with E-state index in [0.717, 1.165) is 0 Å². The standard InChI is InChI=1S/C14H15ClN2O3/c1-17(5-6-18)8-9-7-11(14(19)20)10-3-2-4-12(15)13(10)16-9/h2-4,7,18H,5-6,8H2,1H3,(H,19,20). The number of pyridine rings is 1. The second kappa shape index (κ2) is 6.17. The lowest BCUT2D eigenvalue weighted by molar-refractivity contribution is 0.0698. The molecular weight excluding hydrogens is 280 g/mol. The Morgan fingerprint density at radius 3 is 2.85 bits per heavy atom. The van der Waals surface area contributed by atoms with E-state index in [0.29, 0.717) is 34.7 Å². The van der Waals surface area contributed by atoms with Gasteiger partial charge in [-0.1, -0.05) is 23.7 Å². The zero-order valence-electron chi connectivity index (χ0n) is 11.0. The molecule has 0 aliphatic heterocycles. The lowest BCUT2D eigenvalue weighted by Crippen LogP contribution is -2.22. The minimum Gasteiger partial charge on any atom is -0.478 e. The zero-order chi connectivity index (χ0) is 14.7. The predicted molar refractivity (Wildman–Crippen MR) is 77.1 cm³/mol. The van der Waals surface area contributed by atoms with Crippen molar-refractivity contribution in [2.24, 2.45) is 0 Å². The molecular formula is C14H15ClN2O3. The van der Waals surface area contributed by atoms with Crippen LogP contribution < -0.4 is 0 Å². The average Bonchev–Trinajstić information content (AvgIpc) is 2.39. The quantitative estimate of drug-likeness (QED) is 0.882. The molecule has 2 N–H and O–H groups in total. The van der Waals surface area contributed by atoms with Crippen molar-refractivity contribution < 1.29 is 15.0 Å². The summed E-state index contributed by atoms with van der Waals surface area (Å²) in [7, 11) is 1.83. The summed E-state index contributed by atoms with van der Waals surface area (Å²) in [4.78, 5) is 17.6. The molecule has 2 rings (SSSR count). The first-order valence-corrected chi connectivity index (χ1v) is 6.51. The van der Waals surface area contributed by atoms with Gasteiger partial charge in [0.15, 0.2) is 0 Å². The van der Waals surface area contributed by atoms with Crippen molar-refractivity contribution in [3.63, 3.8) is 0 Å². The number of para-hydroxylation sites is 1. The topological polar surface area (TPSA) is 73.7 Å². The molecule has 0 unspecified atom stereocenters. The molecule has 0 amide bonds. The largest absolute Gasteiger partial charge is 0.478 e. The second-order valence-electron chi connectivity index (χ2n) is 4.56. The van der Waals surface area contributed by atoms with Crippen LogP contribution in [0.1, 0.15) is 16.1 Å². The first-order chi connectivity index (χ1) is 9.52. The number of fused-ring (bicyclic) bond motifs is 1. The molecule has 0 atom stereocenters. The van der Waals surface area contributed by atoms with E-state index in [1.165, 1.54) is 0 Å².